The van der Waals surface area contributed by atoms with Crippen LogP contribution in [-0.4, -0.2) is 35.9 Å². The predicted molar refractivity (Wildman–Crippen MR) is 597 cm³/mol. The molecule has 0 spiro atoms. The summed E-state index contributed by atoms with van der Waals surface area (Å²) in [6, 6.07) is 149. The molecule has 0 amide bonds. The smallest absolute Gasteiger partial charge is 0.159 e. The van der Waals surface area contributed by atoms with E-state index in [1.54, 1.807) is 0 Å². The van der Waals surface area contributed by atoms with Crippen molar-refractivity contribution in [2.45, 2.75) is 0 Å². The Hall–Kier alpha value is -19.6. The van der Waals surface area contributed by atoms with Crippen LogP contribution in [0.3, 0.4) is 0 Å². The number of para-hydroxylation sites is 14. The van der Waals surface area contributed by atoms with Crippen LogP contribution in [0.25, 0.3) is 361 Å². The van der Waals surface area contributed by atoms with Gasteiger partial charge in [0.2, 0.25) is 0 Å². The molecule has 0 N–H and O–H groups in total. The Bertz CT molecular complexity index is 12800. The molecule has 38 rings (SSSR count). The van der Waals surface area contributed by atoms with Crippen LogP contribution < -0.4 is 0 Å². The number of benzene rings is 22. The highest BCUT2D eigenvalue weighted by molar-refractivity contribution is 6.43. The van der Waals surface area contributed by atoms with Crippen molar-refractivity contribution in [1.82, 2.24) is 35.9 Å². The molecule has 658 valence electrons. The molecule has 0 atom stereocenters. The lowest BCUT2D eigenvalue weighted by molar-refractivity contribution is 0.666. The van der Waals surface area contributed by atoms with Crippen molar-refractivity contribution < 1.29 is 17.7 Å². The van der Waals surface area contributed by atoms with Crippen molar-refractivity contribution in [2.75, 3.05) is 0 Å². The van der Waals surface area contributed by atoms with Crippen molar-refractivity contribution >= 4 is 327 Å². The first-order chi connectivity index (χ1) is 71.5. The highest BCUT2D eigenvalue weighted by Gasteiger charge is 2.35. The van der Waals surface area contributed by atoms with E-state index in [0.717, 1.165) is 182 Å². The van der Waals surface area contributed by atoms with Gasteiger partial charge in [0, 0.05) is 172 Å². The molecule has 0 aliphatic heterocycles. The summed E-state index contributed by atoms with van der Waals surface area (Å²) in [5.41, 5.74) is 36.1. The molecule has 0 saturated heterocycles. The topological polar surface area (TPSA) is 89.9 Å². The number of aromatic nitrogens is 8. The van der Waals surface area contributed by atoms with Crippen molar-refractivity contribution in [1.29, 1.82) is 0 Å². The summed E-state index contributed by atoms with van der Waals surface area (Å²) in [6.45, 7) is 0. The van der Waals surface area contributed by atoms with E-state index in [4.69, 9.17) is 17.7 Å². The fourth-order valence-corrected chi connectivity index (χ4v) is 28.2. The molecule has 12 heteroatoms. The minimum Gasteiger partial charge on any atom is -0.454 e. The molecule has 0 bridgehead atoms. The number of furan rings is 4. The van der Waals surface area contributed by atoms with Crippen molar-refractivity contribution in [2.24, 2.45) is 0 Å². The van der Waals surface area contributed by atoms with Gasteiger partial charge < -0.3 is 53.5 Å². The van der Waals surface area contributed by atoms with Gasteiger partial charge in [0.1, 0.15) is 22.3 Å². The molecule has 0 fully saturated rings. The van der Waals surface area contributed by atoms with E-state index in [2.05, 4.69) is 436 Å². The quantitative estimate of drug-likeness (QED) is 0.172. The van der Waals surface area contributed by atoms with Crippen LogP contribution in [0, 0.1) is 0 Å². The molecule has 16 heterocycles. The summed E-state index contributed by atoms with van der Waals surface area (Å²) in [7, 11) is 0. The first-order valence-corrected chi connectivity index (χ1v) is 49.6. The molecular formula is C132H66N8O4. The zero-order valence-electron chi connectivity index (χ0n) is 76.3. The summed E-state index contributed by atoms with van der Waals surface area (Å²) in [6.07, 6.45) is 0. The van der Waals surface area contributed by atoms with Crippen LogP contribution in [-0.2, 0) is 0 Å². The zero-order valence-corrected chi connectivity index (χ0v) is 76.3. The highest BCUT2D eigenvalue weighted by Crippen LogP contribution is 2.58. The Labute approximate surface area is 809 Å². The number of nitrogens with zero attached hydrogens (tertiary/aromatic N) is 8. The minimum absolute atomic E-state index is 0.814. The average molecular weight is 1830 g/mol. The molecule has 0 radical (unpaired) electrons. The van der Waals surface area contributed by atoms with Gasteiger partial charge in [0.25, 0.3) is 0 Å². The third kappa shape index (κ3) is 8.34. The van der Waals surface area contributed by atoms with Crippen molar-refractivity contribution in [3.63, 3.8) is 0 Å². The van der Waals surface area contributed by atoms with E-state index in [-0.39, 0.29) is 0 Å². The molecule has 12 nitrogen and oxygen atoms in total. The molecule has 16 aromatic heterocycles. The van der Waals surface area contributed by atoms with E-state index < -0.39 is 0 Å². The second kappa shape index (κ2) is 24.9. The van der Waals surface area contributed by atoms with Gasteiger partial charge in [-0.3, -0.25) is 0 Å². The maximum atomic E-state index is 7.63. The van der Waals surface area contributed by atoms with E-state index in [1.165, 1.54) is 179 Å². The molecular weight excluding hydrogens is 1760 g/mol. The number of hydrogen-bond donors (Lipinski definition) is 0. The lowest BCUT2D eigenvalue weighted by atomic mass is 9.97. The molecule has 144 heavy (non-hydrogen) atoms. The lowest BCUT2D eigenvalue weighted by Crippen LogP contribution is -1.95. The summed E-state index contributed by atoms with van der Waals surface area (Å²) < 4.78 is 49.0. The van der Waals surface area contributed by atoms with Gasteiger partial charge in [-0.25, -0.2) is 0 Å². The van der Waals surface area contributed by atoms with Gasteiger partial charge in [-0.1, -0.05) is 249 Å². The highest BCUT2D eigenvalue weighted by atomic mass is 16.3. The van der Waals surface area contributed by atoms with Crippen LogP contribution in [0.15, 0.2) is 418 Å². The first-order valence-electron chi connectivity index (χ1n) is 49.6. The van der Waals surface area contributed by atoms with Crippen LogP contribution in [0.5, 0.6) is 0 Å². The predicted octanol–water partition coefficient (Wildman–Crippen LogP) is 35.9. The van der Waals surface area contributed by atoms with Crippen LogP contribution >= 0.6 is 0 Å². The Morgan fingerprint density at radius 3 is 0.826 bits per heavy atom. The normalized spacial score (nSPS) is 13.1. The van der Waals surface area contributed by atoms with Gasteiger partial charge in [0.05, 0.1) is 133 Å². The maximum absolute atomic E-state index is 7.63. The Kier molecular flexibility index (Phi) is 12.6. The summed E-state index contributed by atoms with van der Waals surface area (Å²) in [5, 5.41) is 37.5. The van der Waals surface area contributed by atoms with Gasteiger partial charge in [-0.2, -0.15) is 0 Å². The molecule has 0 aliphatic rings. The SMILES string of the molecule is c1ccc2c(c1)oc1c(-n3c4ccccc4c4c5c6ccccc6n6c7cc8c9cc%10c(c%11ccccc%11n%10-c%10cccc%11c%10oc%10cccc(-c%12ccc%13c(c%12)c%12cc%14c%15cc%16c(cc%15n%15c%17ccccc%17c(c%12n%13-c%12cccc%13c%12oc%12ccccc%12%13)c%14%15)c%12cc%13c%14ccccc%14n(-c%14cccc%15c%14oc%14ccccc%14%15)c%13c%13c%14ccccc%14n%16c%12%13)c%10%11)c%10c%11ccccc%11n(c8cc7c(cc43)c56)c9%10)cccc12. The molecule has 0 saturated carbocycles. The van der Waals surface area contributed by atoms with Gasteiger partial charge in [-0.05, 0) is 163 Å². The zero-order chi connectivity index (χ0) is 92.2. The van der Waals surface area contributed by atoms with Gasteiger partial charge >= 0.3 is 0 Å². The molecule has 22 aromatic carbocycles. The van der Waals surface area contributed by atoms with Crippen molar-refractivity contribution in [3.05, 3.63) is 400 Å². The third-order valence-electron chi connectivity index (χ3n) is 33.7. The Morgan fingerprint density at radius 2 is 0.403 bits per heavy atom. The van der Waals surface area contributed by atoms with Crippen molar-refractivity contribution in [3.8, 4) is 33.9 Å². The van der Waals surface area contributed by atoms with E-state index in [0.29, 0.717) is 0 Å². The summed E-state index contributed by atoms with van der Waals surface area (Å²) in [4.78, 5) is 0. The maximum Gasteiger partial charge on any atom is 0.159 e. The van der Waals surface area contributed by atoms with Gasteiger partial charge in [-0.15, -0.1) is 0 Å². The fourth-order valence-electron chi connectivity index (χ4n) is 28.2. The van der Waals surface area contributed by atoms with Crippen LogP contribution in [0.4, 0.5) is 0 Å². The van der Waals surface area contributed by atoms with E-state index >= 15 is 0 Å². The molecule has 0 aliphatic carbocycles. The summed E-state index contributed by atoms with van der Waals surface area (Å²) >= 11 is 0. The molecule has 0 unspecified atom stereocenters. The lowest BCUT2D eigenvalue weighted by Gasteiger charge is -2.11. The minimum atomic E-state index is 0.814. The second-order valence-electron chi connectivity index (χ2n) is 40.2. The largest absolute Gasteiger partial charge is 0.454 e. The molecule has 38 aromatic rings. The van der Waals surface area contributed by atoms with Gasteiger partial charge in [0.15, 0.2) is 22.3 Å². The Morgan fingerprint density at radius 1 is 0.132 bits per heavy atom. The second-order valence-corrected chi connectivity index (χ2v) is 40.2. The number of fused-ring (bicyclic) bond motifs is 52. The standard InChI is InChI=1S/C132H66N8O4/c1-11-41-94-69(26-1)88-59-90-84-61-107-85(62-106(84)139-99-46-16-6-34-80(99)121(127(90)139)125(88)135(94)104-50-22-38-74-71-28-9-19-53-113(71)142-130(74)104)91-60-89-83-58-67(56-57-101(83)136(126(89)122-81-35-7-17-47-100(81)140(107)128(91)122)105-51-23-39-75-72-29-10-20-54-114(72)143-131(75)105)68-36-25-55-115-116(68)82-40-24-49-103(132(82)144-115)134-96-43-13-3-31-77(96)118-111(134)66-93-87-64-108-86(63-109(87)138-98-45-15-5-33-79(98)120(118)124(93)138)92-65-110-117(119-78-32-4-14-44-97(78)137(108)123(92)119)76-30-2-12-42-95(76)133(110)102-48-21-37-73-70-27-8-18-52-112(70)141-129(73)102/h1-66H. The van der Waals surface area contributed by atoms with Crippen LogP contribution in [0.1, 0.15) is 0 Å². The summed E-state index contributed by atoms with van der Waals surface area (Å²) in [5.74, 6) is 0. The monoisotopic (exact) mass is 1830 g/mol. The third-order valence-corrected chi connectivity index (χ3v) is 33.7. The Balaban J connectivity index is 0.566. The number of rotatable bonds is 5. The fraction of sp³-hybridized carbons (Fsp3) is 0. The van der Waals surface area contributed by atoms with Crippen LogP contribution in [0.2, 0.25) is 0 Å². The average Bonchev–Trinajstić information content (AvgIpc) is 1.50. The first kappa shape index (κ1) is 72.8. The van der Waals surface area contributed by atoms with E-state index in [1.807, 2.05) is 0 Å². The van der Waals surface area contributed by atoms with E-state index in [9.17, 15) is 0 Å². The number of hydrogen-bond acceptors (Lipinski definition) is 4.